The summed E-state index contributed by atoms with van der Waals surface area (Å²) in [7, 11) is 0. The lowest BCUT2D eigenvalue weighted by Crippen LogP contribution is -2.43. The van der Waals surface area contributed by atoms with Crippen molar-refractivity contribution in [1.82, 2.24) is 10.6 Å². The second kappa shape index (κ2) is 8.89. The predicted octanol–water partition coefficient (Wildman–Crippen LogP) is 2.20. The molecular formula is C17H25ClN2O3. The molecule has 6 heteroatoms. The van der Waals surface area contributed by atoms with Crippen molar-refractivity contribution < 1.29 is 14.3 Å². The molecule has 0 spiro atoms. The molecule has 1 heterocycles. The fourth-order valence-corrected chi connectivity index (χ4v) is 2.52. The van der Waals surface area contributed by atoms with Gasteiger partial charge in [0.2, 0.25) is 0 Å². The van der Waals surface area contributed by atoms with E-state index in [1.807, 2.05) is 0 Å². The Morgan fingerprint density at radius 3 is 2.65 bits per heavy atom. The van der Waals surface area contributed by atoms with Gasteiger partial charge in [-0.15, -0.1) is 12.4 Å². The van der Waals surface area contributed by atoms with Gasteiger partial charge in [-0.25, -0.2) is 0 Å². The van der Waals surface area contributed by atoms with Crippen molar-refractivity contribution in [3.05, 3.63) is 29.8 Å². The molecule has 128 valence electrons. The standard InChI is InChI=1S/C17H24N2O3.ClH/c1-13(20)14-4-3-5-15(10-14)22-11-16(21)19-12-17(2)6-8-18-9-7-17;/h3-5,10,18H,6-9,11-12H2,1-2H3,(H,19,21);1H. The van der Waals surface area contributed by atoms with Crippen LogP contribution in [-0.4, -0.2) is 37.9 Å². The second-order valence-electron chi connectivity index (χ2n) is 6.21. The summed E-state index contributed by atoms with van der Waals surface area (Å²) in [6, 6.07) is 6.88. The molecule has 1 aromatic rings. The molecule has 1 aliphatic rings. The Kier molecular flexibility index (Phi) is 7.52. The van der Waals surface area contributed by atoms with Crippen LogP contribution in [-0.2, 0) is 4.79 Å². The van der Waals surface area contributed by atoms with Crippen LogP contribution in [0.4, 0.5) is 0 Å². The summed E-state index contributed by atoms with van der Waals surface area (Å²) < 4.78 is 5.45. The molecule has 1 aliphatic heterocycles. The third kappa shape index (κ3) is 6.20. The number of ketones is 1. The van der Waals surface area contributed by atoms with Crippen molar-refractivity contribution in [2.45, 2.75) is 26.7 Å². The monoisotopic (exact) mass is 340 g/mol. The number of carbonyl (C=O) groups excluding carboxylic acids is 2. The molecule has 0 unspecified atom stereocenters. The molecule has 0 bridgehead atoms. The number of halogens is 1. The molecule has 0 aliphatic carbocycles. The van der Waals surface area contributed by atoms with Crippen LogP contribution in [0, 0.1) is 5.41 Å². The summed E-state index contributed by atoms with van der Waals surface area (Å²) in [6.45, 7) is 6.35. The summed E-state index contributed by atoms with van der Waals surface area (Å²) in [4.78, 5) is 23.2. The van der Waals surface area contributed by atoms with Gasteiger partial charge in [0.05, 0.1) is 0 Å². The molecule has 0 saturated carbocycles. The van der Waals surface area contributed by atoms with E-state index in [9.17, 15) is 9.59 Å². The van der Waals surface area contributed by atoms with Crippen molar-refractivity contribution >= 4 is 24.1 Å². The van der Waals surface area contributed by atoms with E-state index in [4.69, 9.17) is 4.74 Å². The highest BCUT2D eigenvalue weighted by Crippen LogP contribution is 2.26. The van der Waals surface area contributed by atoms with Gasteiger partial charge in [0, 0.05) is 12.1 Å². The van der Waals surface area contributed by atoms with Gasteiger partial charge in [-0.1, -0.05) is 19.1 Å². The molecule has 1 saturated heterocycles. The van der Waals surface area contributed by atoms with Crippen LogP contribution in [0.3, 0.4) is 0 Å². The van der Waals surface area contributed by atoms with E-state index in [2.05, 4.69) is 17.6 Å². The first-order chi connectivity index (χ1) is 10.5. The molecule has 1 fully saturated rings. The average Bonchev–Trinajstić information content (AvgIpc) is 2.52. The Morgan fingerprint density at radius 1 is 1.30 bits per heavy atom. The van der Waals surface area contributed by atoms with E-state index in [0.29, 0.717) is 17.9 Å². The summed E-state index contributed by atoms with van der Waals surface area (Å²) in [6.07, 6.45) is 2.13. The van der Waals surface area contributed by atoms with Gasteiger partial charge >= 0.3 is 0 Å². The van der Waals surface area contributed by atoms with Crippen LogP contribution in [0.1, 0.15) is 37.0 Å². The molecule has 2 rings (SSSR count). The number of benzene rings is 1. The lowest BCUT2D eigenvalue weighted by Gasteiger charge is -2.34. The zero-order valence-corrected chi connectivity index (χ0v) is 14.5. The molecule has 1 aromatic carbocycles. The van der Waals surface area contributed by atoms with Crippen LogP contribution >= 0.6 is 12.4 Å². The van der Waals surface area contributed by atoms with E-state index in [1.54, 1.807) is 24.3 Å². The lowest BCUT2D eigenvalue weighted by atomic mass is 9.81. The van der Waals surface area contributed by atoms with Crippen LogP contribution in [0.15, 0.2) is 24.3 Å². The maximum absolute atomic E-state index is 11.9. The smallest absolute Gasteiger partial charge is 0.257 e. The van der Waals surface area contributed by atoms with Crippen LogP contribution in [0.2, 0.25) is 0 Å². The number of hydrogen-bond acceptors (Lipinski definition) is 4. The number of hydrogen-bond donors (Lipinski definition) is 2. The number of ether oxygens (including phenoxy) is 1. The number of rotatable bonds is 6. The topological polar surface area (TPSA) is 67.4 Å². The maximum atomic E-state index is 11.9. The average molecular weight is 341 g/mol. The molecule has 5 nitrogen and oxygen atoms in total. The van der Waals surface area contributed by atoms with Gasteiger partial charge in [0.15, 0.2) is 12.4 Å². The minimum absolute atomic E-state index is 0. The number of carbonyl (C=O) groups is 2. The van der Waals surface area contributed by atoms with Gasteiger partial charge < -0.3 is 15.4 Å². The third-order valence-corrected chi connectivity index (χ3v) is 4.13. The fourth-order valence-electron chi connectivity index (χ4n) is 2.52. The predicted molar refractivity (Wildman–Crippen MR) is 92.4 cm³/mol. The highest BCUT2D eigenvalue weighted by atomic mass is 35.5. The number of piperidine rings is 1. The van der Waals surface area contributed by atoms with Crippen LogP contribution in [0.25, 0.3) is 0 Å². The van der Waals surface area contributed by atoms with Crippen molar-refractivity contribution in [3.8, 4) is 5.75 Å². The Labute approximate surface area is 143 Å². The number of nitrogens with one attached hydrogen (secondary N) is 2. The Hall–Kier alpha value is -1.59. The number of Topliss-reactive ketones (excluding diaryl/α,β-unsaturated/α-hetero) is 1. The van der Waals surface area contributed by atoms with Crippen molar-refractivity contribution in [2.24, 2.45) is 5.41 Å². The summed E-state index contributed by atoms with van der Waals surface area (Å²) in [5, 5.41) is 6.27. The maximum Gasteiger partial charge on any atom is 0.257 e. The molecule has 2 N–H and O–H groups in total. The Bertz CT molecular complexity index is 542. The van der Waals surface area contributed by atoms with Gasteiger partial charge in [0.25, 0.3) is 5.91 Å². The summed E-state index contributed by atoms with van der Waals surface area (Å²) >= 11 is 0. The number of amides is 1. The Balaban J connectivity index is 0.00000264. The van der Waals surface area contributed by atoms with Crippen LogP contribution < -0.4 is 15.4 Å². The summed E-state index contributed by atoms with van der Waals surface area (Å²) in [5.41, 5.74) is 0.746. The zero-order chi connectivity index (χ0) is 16.0. The largest absolute Gasteiger partial charge is 0.484 e. The first-order valence-corrected chi connectivity index (χ1v) is 7.70. The first-order valence-electron chi connectivity index (χ1n) is 7.70. The SMILES string of the molecule is CC(=O)c1cccc(OCC(=O)NCC2(C)CCNCC2)c1.Cl. The molecule has 23 heavy (non-hydrogen) atoms. The zero-order valence-electron chi connectivity index (χ0n) is 13.7. The van der Waals surface area contributed by atoms with E-state index in [0.717, 1.165) is 25.9 Å². The van der Waals surface area contributed by atoms with Crippen molar-refractivity contribution in [1.29, 1.82) is 0 Å². The van der Waals surface area contributed by atoms with Crippen molar-refractivity contribution in [3.63, 3.8) is 0 Å². The fraction of sp³-hybridized carbons (Fsp3) is 0.529. The second-order valence-corrected chi connectivity index (χ2v) is 6.21. The third-order valence-electron chi connectivity index (χ3n) is 4.13. The lowest BCUT2D eigenvalue weighted by molar-refractivity contribution is -0.123. The van der Waals surface area contributed by atoms with Gasteiger partial charge in [-0.2, -0.15) is 0 Å². The van der Waals surface area contributed by atoms with E-state index in [-0.39, 0.29) is 36.1 Å². The van der Waals surface area contributed by atoms with E-state index < -0.39 is 0 Å². The van der Waals surface area contributed by atoms with Gasteiger partial charge in [0.1, 0.15) is 5.75 Å². The highest BCUT2D eigenvalue weighted by molar-refractivity contribution is 5.94. The first kappa shape index (κ1) is 19.5. The van der Waals surface area contributed by atoms with Crippen LogP contribution in [0.5, 0.6) is 5.75 Å². The molecule has 1 amide bonds. The van der Waals surface area contributed by atoms with Crippen molar-refractivity contribution in [2.75, 3.05) is 26.2 Å². The molecule has 0 atom stereocenters. The van der Waals surface area contributed by atoms with E-state index in [1.165, 1.54) is 6.92 Å². The molecule has 0 aromatic heterocycles. The van der Waals surface area contributed by atoms with E-state index >= 15 is 0 Å². The minimum Gasteiger partial charge on any atom is -0.484 e. The normalized spacial score (nSPS) is 16.1. The summed E-state index contributed by atoms with van der Waals surface area (Å²) in [5.74, 6) is 0.387. The minimum atomic E-state index is -0.131. The Morgan fingerprint density at radius 2 is 2.00 bits per heavy atom. The highest BCUT2D eigenvalue weighted by Gasteiger charge is 2.26. The quantitative estimate of drug-likeness (QED) is 0.779. The van der Waals surface area contributed by atoms with Gasteiger partial charge in [-0.05, 0) is 50.4 Å². The molecular weight excluding hydrogens is 316 g/mol. The molecule has 0 radical (unpaired) electrons. The van der Waals surface area contributed by atoms with Gasteiger partial charge in [-0.3, -0.25) is 9.59 Å².